The average Bonchev–Trinajstić information content (AvgIpc) is 3.18. The lowest BCUT2D eigenvalue weighted by Gasteiger charge is -2.49. The van der Waals surface area contributed by atoms with Crippen molar-refractivity contribution in [3.8, 4) is 0 Å². The Morgan fingerprint density at radius 2 is 1.67 bits per heavy atom. The van der Waals surface area contributed by atoms with Crippen molar-refractivity contribution < 1.29 is 52.0 Å². The van der Waals surface area contributed by atoms with E-state index in [4.69, 9.17) is 37.6 Å². The summed E-state index contributed by atoms with van der Waals surface area (Å²) in [6.07, 6.45) is -1.64. The summed E-state index contributed by atoms with van der Waals surface area (Å²) in [5, 5.41) is 3.81. The van der Waals surface area contributed by atoms with Crippen LogP contribution in [0.5, 0.6) is 0 Å². The molecule has 0 unspecified atom stereocenters. The van der Waals surface area contributed by atoms with Crippen LogP contribution in [0.4, 0.5) is 4.79 Å². The van der Waals surface area contributed by atoms with Gasteiger partial charge in [0.05, 0.1) is 54.6 Å². The zero-order valence-electron chi connectivity index (χ0n) is 42.2. The molecule has 1 aromatic carbocycles. The lowest BCUT2D eigenvalue weighted by Crippen LogP contribution is -2.56. The van der Waals surface area contributed by atoms with Gasteiger partial charge in [-0.1, -0.05) is 57.9 Å². The van der Waals surface area contributed by atoms with Crippen LogP contribution in [0.2, 0.25) is 18.1 Å². The van der Waals surface area contributed by atoms with Crippen LogP contribution in [0.15, 0.2) is 40.7 Å². The van der Waals surface area contributed by atoms with Crippen molar-refractivity contribution >= 4 is 26.3 Å². The Morgan fingerprint density at radius 3 is 2.22 bits per heavy atom. The fourth-order valence-corrected chi connectivity index (χ4v) is 9.43. The van der Waals surface area contributed by atoms with Crippen LogP contribution in [0.25, 0.3) is 10.4 Å². The van der Waals surface area contributed by atoms with Crippen LogP contribution >= 0.6 is 0 Å². The molecule has 0 N–H and O–H groups in total. The molecule has 2 aliphatic heterocycles. The van der Waals surface area contributed by atoms with Crippen molar-refractivity contribution in [2.75, 3.05) is 48.0 Å². The highest BCUT2D eigenvalue weighted by Gasteiger charge is 2.51. The maximum absolute atomic E-state index is 14.2. The van der Waals surface area contributed by atoms with Gasteiger partial charge < -0.3 is 47.4 Å². The van der Waals surface area contributed by atoms with Gasteiger partial charge in [-0.2, -0.15) is 0 Å². The van der Waals surface area contributed by atoms with Gasteiger partial charge in [-0.25, -0.2) is 14.4 Å². The van der Waals surface area contributed by atoms with Crippen LogP contribution in [0.3, 0.4) is 0 Å². The van der Waals surface area contributed by atoms with Crippen molar-refractivity contribution in [1.29, 1.82) is 0 Å². The second-order valence-electron chi connectivity index (χ2n) is 21.0. The van der Waals surface area contributed by atoms with Crippen molar-refractivity contribution in [2.45, 2.75) is 174 Å². The summed E-state index contributed by atoms with van der Waals surface area (Å²) in [5.74, 6) is -3.28. The molecule has 16 nitrogen and oxygen atoms in total. The fraction of sp³-hybridized carbons (Fsp3) is 0.766. The Hall–Kier alpha value is -3.70. The molecule has 9 atom stereocenters. The van der Waals surface area contributed by atoms with E-state index in [2.05, 4.69) is 48.8 Å². The third-order valence-corrected chi connectivity index (χ3v) is 17.3. The first kappa shape index (κ1) is 54.6. The minimum atomic E-state index is -2.30. The number of cyclic esters (lactones) is 1. The fourth-order valence-electron chi connectivity index (χ4n) is 8.39. The molecular weight excluding hydrogens is 839 g/mol. The number of carbonyl (C=O) groups is 3. The first-order valence-electron chi connectivity index (χ1n) is 22.4. The van der Waals surface area contributed by atoms with Gasteiger partial charge in [-0.05, 0) is 110 Å². The summed E-state index contributed by atoms with van der Waals surface area (Å²) in [6.45, 7) is 29.3. The second-order valence-corrected chi connectivity index (χ2v) is 25.8. The minimum Gasteiger partial charge on any atom is -0.465 e. The number of ether oxygens (including phenoxy) is 7. The van der Waals surface area contributed by atoms with Crippen molar-refractivity contribution in [1.82, 2.24) is 9.80 Å². The van der Waals surface area contributed by atoms with Gasteiger partial charge in [0.1, 0.15) is 11.4 Å². The number of benzene rings is 1. The van der Waals surface area contributed by atoms with Crippen LogP contribution in [0, 0.1) is 11.8 Å². The second kappa shape index (κ2) is 21.7. The van der Waals surface area contributed by atoms with Crippen LogP contribution in [-0.4, -0.2) is 132 Å². The van der Waals surface area contributed by atoms with E-state index in [0.29, 0.717) is 35.3 Å². The molecule has 0 aromatic heterocycles. The number of likely N-dealkylation sites (N-methyl/N-ethyl adjacent to an activating group) is 1. The molecule has 0 radical (unpaired) electrons. The van der Waals surface area contributed by atoms with Gasteiger partial charge in [-0.3, -0.25) is 0 Å². The van der Waals surface area contributed by atoms with Crippen molar-refractivity contribution in [3.05, 3.63) is 57.2 Å². The van der Waals surface area contributed by atoms with Gasteiger partial charge in [0.2, 0.25) is 5.79 Å². The molecule has 1 fully saturated rings. The maximum Gasteiger partial charge on any atom is 0.410 e. The molecule has 0 bridgehead atoms. The zero-order chi connectivity index (χ0) is 48.7. The Balaban J connectivity index is 2.23. The summed E-state index contributed by atoms with van der Waals surface area (Å²) in [5.41, 5.74) is 8.89. The largest absolute Gasteiger partial charge is 0.465 e. The minimum absolute atomic E-state index is 0.0310. The first-order chi connectivity index (χ1) is 29.4. The molecule has 1 aromatic rings. The van der Waals surface area contributed by atoms with Crippen molar-refractivity contribution in [3.63, 3.8) is 0 Å². The van der Waals surface area contributed by atoms with Crippen LogP contribution in [0.1, 0.15) is 125 Å². The third-order valence-electron chi connectivity index (χ3n) is 12.8. The van der Waals surface area contributed by atoms with E-state index in [9.17, 15) is 19.9 Å². The number of nitrogens with zero attached hydrogens (tertiary/aromatic N) is 5. The molecule has 0 aliphatic carbocycles. The van der Waals surface area contributed by atoms with E-state index in [0.717, 1.165) is 0 Å². The molecule has 1 amide bonds. The Morgan fingerprint density at radius 1 is 1.05 bits per heavy atom. The average molecular weight is 918 g/mol. The Labute approximate surface area is 383 Å². The lowest BCUT2D eigenvalue weighted by atomic mass is 9.79. The number of rotatable bonds is 19. The van der Waals surface area contributed by atoms with E-state index in [1.54, 1.807) is 65.7 Å². The topological polar surface area (TPSA) is 180 Å². The zero-order valence-corrected chi connectivity index (χ0v) is 43.2. The summed E-state index contributed by atoms with van der Waals surface area (Å²) >= 11 is 0. The highest BCUT2D eigenvalue weighted by Crippen LogP contribution is 2.45. The summed E-state index contributed by atoms with van der Waals surface area (Å²) in [4.78, 5) is 47.7. The molecule has 362 valence electrons. The van der Waals surface area contributed by atoms with E-state index >= 15 is 0 Å². The Kier molecular flexibility index (Phi) is 18.6. The lowest BCUT2D eigenvalue weighted by molar-refractivity contribution is -0.275. The first-order valence-corrected chi connectivity index (χ1v) is 25.3. The van der Waals surface area contributed by atoms with Gasteiger partial charge in [0.25, 0.3) is 0 Å². The van der Waals surface area contributed by atoms with Gasteiger partial charge in [0, 0.05) is 50.9 Å². The van der Waals surface area contributed by atoms with E-state index in [1.807, 2.05) is 53.9 Å². The number of azide groups is 1. The molecule has 1 saturated heterocycles. The molecule has 0 saturated carbocycles. The van der Waals surface area contributed by atoms with Gasteiger partial charge in [0.15, 0.2) is 14.6 Å². The van der Waals surface area contributed by atoms with Crippen LogP contribution in [-0.2, 0) is 42.4 Å². The number of methoxy groups -OCH3 is 2. The van der Waals surface area contributed by atoms with Gasteiger partial charge in [-0.15, -0.1) is 0 Å². The van der Waals surface area contributed by atoms with E-state index in [-0.39, 0.29) is 42.8 Å². The number of amides is 1. The maximum atomic E-state index is 14.2. The van der Waals surface area contributed by atoms with E-state index < -0.39 is 73.6 Å². The SMILES string of the molecule is COC(=O)c1ccccc1[C@H]1[C@H](O[C@H]([C@@H](C)C2=C(C)C(=O)OC(C)(C)O2)[C@@](C)(C[C@@H](C)CN(C(=O)OC(C)(C)C)[C@H](CN=[N+]=[N-])CO[Si](C)(C)C(C)(C)C)OC)O[C@H](C)C[C@@H]1N(C)C. The van der Waals surface area contributed by atoms with E-state index in [1.165, 1.54) is 7.11 Å². The third kappa shape index (κ3) is 13.9. The number of hydrogen-bond donors (Lipinski definition) is 0. The summed E-state index contributed by atoms with van der Waals surface area (Å²) in [7, 11) is 4.65. The van der Waals surface area contributed by atoms with Crippen LogP contribution < -0.4 is 0 Å². The summed E-state index contributed by atoms with van der Waals surface area (Å²) in [6, 6.07) is 6.55. The highest BCUT2D eigenvalue weighted by atomic mass is 28.4. The molecular formula is C47H79N5O11Si. The number of carbonyl (C=O) groups excluding carboxylic acids is 3. The Bertz CT molecular complexity index is 1850. The summed E-state index contributed by atoms with van der Waals surface area (Å²) < 4.78 is 50.6. The molecule has 2 heterocycles. The smallest absolute Gasteiger partial charge is 0.410 e. The van der Waals surface area contributed by atoms with Gasteiger partial charge >= 0.3 is 18.0 Å². The number of esters is 2. The molecule has 64 heavy (non-hydrogen) atoms. The predicted octanol–water partition coefficient (Wildman–Crippen LogP) is 9.60. The monoisotopic (exact) mass is 918 g/mol. The number of hydrogen-bond acceptors (Lipinski definition) is 13. The quantitative estimate of drug-likeness (QED) is 0.0321. The molecule has 17 heteroatoms. The molecule has 2 aliphatic rings. The predicted molar refractivity (Wildman–Crippen MR) is 248 cm³/mol. The highest BCUT2D eigenvalue weighted by molar-refractivity contribution is 6.74. The van der Waals surface area contributed by atoms with Crippen molar-refractivity contribution in [2.24, 2.45) is 17.0 Å². The standard InChI is InChI=1S/C47H79N5O11Si/c1-29(27-52(43(55)63-44(5,6)7)33(26-49-50-48)28-58-64(18,19)45(8,9)10)25-47(13,57-17)39(31(3)38-32(4)40(53)62-46(11,12)61-38)60-42-37(36(51(14)15)24-30(2)59-42)34-22-20-21-23-35(34)41(54)56-16/h20-23,29-31,33,36-37,39,42H,24-28H2,1-19H3/t29-,30-,31+,33-,36+,37-,39-,42+,47-/m1/s1. The molecule has 3 rings (SSSR count). The normalized spacial score (nSPS) is 23.4. The molecule has 0 spiro atoms.